The van der Waals surface area contributed by atoms with Crippen molar-refractivity contribution in [2.75, 3.05) is 7.05 Å². The molecule has 1 atom stereocenters. The molecule has 5 nitrogen and oxygen atoms in total. The molecular formula is C14H22N2O3S. The predicted molar refractivity (Wildman–Crippen MR) is 79.0 cm³/mol. The van der Waals surface area contributed by atoms with Gasteiger partial charge in [-0.3, -0.25) is 4.90 Å². The highest BCUT2D eigenvalue weighted by atomic mass is 32.1. The Balaban J connectivity index is 2.89. The van der Waals surface area contributed by atoms with Crippen molar-refractivity contribution in [3.8, 4) is 0 Å². The number of aromatic nitrogens is 1. The normalized spacial score (nSPS) is 13.2. The van der Waals surface area contributed by atoms with Crippen LogP contribution in [0, 0.1) is 0 Å². The molecule has 0 aliphatic rings. The lowest BCUT2D eigenvalue weighted by atomic mass is 10.2. The SMILES string of the molecule is CC(C)c1ncc(C(C=O)N(C)C(=O)OC(C)(C)C)s1. The van der Waals surface area contributed by atoms with Gasteiger partial charge < -0.3 is 9.53 Å². The Hall–Kier alpha value is -1.43. The minimum absolute atomic E-state index is 0.299. The molecule has 0 radical (unpaired) electrons. The molecule has 1 aromatic heterocycles. The minimum Gasteiger partial charge on any atom is -0.444 e. The van der Waals surface area contributed by atoms with Gasteiger partial charge in [0, 0.05) is 19.2 Å². The van der Waals surface area contributed by atoms with Crippen LogP contribution < -0.4 is 0 Å². The summed E-state index contributed by atoms with van der Waals surface area (Å²) in [5.74, 6) is 0.299. The number of nitrogens with zero attached hydrogens (tertiary/aromatic N) is 2. The van der Waals surface area contributed by atoms with Gasteiger partial charge in [0.1, 0.15) is 17.9 Å². The average Bonchev–Trinajstić information content (AvgIpc) is 2.77. The molecule has 0 aliphatic heterocycles. The molecule has 0 fully saturated rings. The highest BCUT2D eigenvalue weighted by molar-refractivity contribution is 7.11. The Morgan fingerprint density at radius 1 is 1.45 bits per heavy atom. The summed E-state index contributed by atoms with van der Waals surface area (Å²) in [6.45, 7) is 9.45. The summed E-state index contributed by atoms with van der Waals surface area (Å²) in [6, 6.07) is -0.658. The smallest absolute Gasteiger partial charge is 0.410 e. The second-order valence-electron chi connectivity index (χ2n) is 5.93. The van der Waals surface area contributed by atoms with Gasteiger partial charge in [-0.25, -0.2) is 9.78 Å². The zero-order chi connectivity index (χ0) is 15.5. The van der Waals surface area contributed by atoms with Crippen LogP contribution in [0.25, 0.3) is 0 Å². The summed E-state index contributed by atoms with van der Waals surface area (Å²) in [7, 11) is 1.56. The lowest BCUT2D eigenvalue weighted by molar-refractivity contribution is -0.112. The predicted octanol–water partition coefficient (Wildman–Crippen LogP) is 3.37. The maximum atomic E-state index is 12.0. The summed E-state index contributed by atoms with van der Waals surface area (Å²) >= 11 is 1.45. The summed E-state index contributed by atoms with van der Waals surface area (Å²) < 4.78 is 5.27. The van der Waals surface area contributed by atoms with Crippen molar-refractivity contribution in [3.05, 3.63) is 16.1 Å². The quantitative estimate of drug-likeness (QED) is 0.800. The Morgan fingerprint density at radius 2 is 2.05 bits per heavy atom. The van der Waals surface area contributed by atoms with Crippen molar-refractivity contribution in [2.45, 2.75) is 52.2 Å². The van der Waals surface area contributed by atoms with Crippen LogP contribution in [0.5, 0.6) is 0 Å². The van der Waals surface area contributed by atoms with E-state index in [4.69, 9.17) is 4.74 Å². The Bertz CT molecular complexity index is 477. The number of rotatable bonds is 4. The second kappa shape index (κ2) is 6.35. The molecule has 1 aromatic rings. The Morgan fingerprint density at radius 3 is 2.45 bits per heavy atom. The molecule has 0 aliphatic carbocycles. The summed E-state index contributed by atoms with van der Waals surface area (Å²) in [6.07, 6.45) is 1.87. The van der Waals surface area contributed by atoms with Crippen molar-refractivity contribution in [3.63, 3.8) is 0 Å². The number of carbonyl (C=O) groups is 2. The molecule has 6 heteroatoms. The van der Waals surface area contributed by atoms with Gasteiger partial charge in [0.25, 0.3) is 0 Å². The molecule has 0 aromatic carbocycles. The third kappa shape index (κ3) is 4.30. The van der Waals surface area contributed by atoms with Gasteiger partial charge in [-0.05, 0) is 20.8 Å². The second-order valence-corrected chi connectivity index (χ2v) is 7.02. The van der Waals surface area contributed by atoms with E-state index in [1.165, 1.54) is 16.2 Å². The summed E-state index contributed by atoms with van der Waals surface area (Å²) in [4.78, 5) is 29.7. The van der Waals surface area contributed by atoms with Gasteiger partial charge in [0.15, 0.2) is 0 Å². The van der Waals surface area contributed by atoms with Crippen molar-refractivity contribution in [1.82, 2.24) is 9.88 Å². The van der Waals surface area contributed by atoms with Gasteiger partial charge >= 0.3 is 6.09 Å². The largest absolute Gasteiger partial charge is 0.444 e. The molecule has 0 saturated heterocycles. The first-order valence-electron chi connectivity index (χ1n) is 6.52. The molecule has 0 spiro atoms. The van der Waals surface area contributed by atoms with Gasteiger partial charge in [0.05, 0.1) is 9.88 Å². The van der Waals surface area contributed by atoms with Crippen molar-refractivity contribution in [1.29, 1.82) is 0 Å². The van der Waals surface area contributed by atoms with Crippen molar-refractivity contribution < 1.29 is 14.3 Å². The highest BCUT2D eigenvalue weighted by Gasteiger charge is 2.27. The van der Waals surface area contributed by atoms with E-state index in [1.807, 2.05) is 13.8 Å². The zero-order valence-corrected chi connectivity index (χ0v) is 13.7. The van der Waals surface area contributed by atoms with E-state index in [9.17, 15) is 9.59 Å². The van der Waals surface area contributed by atoms with Gasteiger partial charge in [-0.1, -0.05) is 13.8 Å². The number of hydrogen-bond acceptors (Lipinski definition) is 5. The first-order chi connectivity index (χ1) is 9.15. The van der Waals surface area contributed by atoms with Crippen LogP contribution in [0.15, 0.2) is 6.20 Å². The lowest BCUT2D eigenvalue weighted by Gasteiger charge is -2.27. The van der Waals surface area contributed by atoms with Crippen LogP contribution in [-0.4, -0.2) is 34.9 Å². The maximum absolute atomic E-state index is 12.0. The highest BCUT2D eigenvalue weighted by Crippen LogP contribution is 2.28. The van der Waals surface area contributed by atoms with Crippen LogP contribution in [0.4, 0.5) is 4.79 Å². The van der Waals surface area contributed by atoms with Crippen LogP contribution >= 0.6 is 11.3 Å². The molecule has 1 rings (SSSR count). The van der Waals surface area contributed by atoms with E-state index < -0.39 is 17.7 Å². The summed E-state index contributed by atoms with van der Waals surface area (Å²) in [5.41, 5.74) is -0.588. The number of thiazole rings is 1. The number of amides is 1. The molecule has 1 unspecified atom stereocenters. The molecule has 20 heavy (non-hydrogen) atoms. The van der Waals surface area contributed by atoms with E-state index >= 15 is 0 Å². The van der Waals surface area contributed by atoms with Crippen LogP contribution in [-0.2, 0) is 9.53 Å². The molecule has 1 amide bonds. The number of ether oxygens (including phenoxy) is 1. The van der Waals surface area contributed by atoms with E-state index in [1.54, 1.807) is 34.0 Å². The third-order valence-corrected chi connectivity index (χ3v) is 3.92. The van der Waals surface area contributed by atoms with E-state index in [-0.39, 0.29) is 0 Å². The monoisotopic (exact) mass is 298 g/mol. The van der Waals surface area contributed by atoms with Gasteiger partial charge in [-0.2, -0.15) is 0 Å². The molecule has 0 N–H and O–H groups in total. The Labute approximate surface area is 124 Å². The summed E-state index contributed by atoms with van der Waals surface area (Å²) in [5, 5.41) is 0.949. The topological polar surface area (TPSA) is 59.5 Å². The van der Waals surface area contributed by atoms with Crippen molar-refractivity contribution in [2.24, 2.45) is 0 Å². The van der Waals surface area contributed by atoms with E-state index in [0.717, 1.165) is 16.2 Å². The van der Waals surface area contributed by atoms with Crippen LogP contribution in [0.2, 0.25) is 0 Å². The van der Waals surface area contributed by atoms with Crippen LogP contribution in [0.3, 0.4) is 0 Å². The fourth-order valence-electron chi connectivity index (χ4n) is 1.50. The minimum atomic E-state index is -0.658. The number of hydrogen-bond donors (Lipinski definition) is 0. The zero-order valence-electron chi connectivity index (χ0n) is 12.8. The molecule has 112 valence electrons. The average molecular weight is 298 g/mol. The van der Waals surface area contributed by atoms with Crippen molar-refractivity contribution >= 4 is 23.7 Å². The van der Waals surface area contributed by atoms with Crippen LogP contribution in [0.1, 0.15) is 56.5 Å². The lowest BCUT2D eigenvalue weighted by Crippen LogP contribution is -2.37. The molecule has 0 bridgehead atoms. The first kappa shape index (κ1) is 16.6. The number of aldehydes is 1. The fourth-order valence-corrected chi connectivity index (χ4v) is 2.52. The van der Waals surface area contributed by atoms with E-state index in [2.05, 4.69) is 4.98 Å². The Kier molecular flexibility index (Phi) is 5.28. The first-order valence-corrected chi connectivity index (χ1v) is 7.34. The fraction of sp³-hybridized carbons (Fsp3) is 0.643. The standard InChI is InChI=1S/C14H22N2O3S/c1-9(2)12-15-7-11(20-12)10(8-17)16(6)13(18)19-14(3,4)5/h7-10H,1-6H3. The maximum Gasteiger partial charge on any atom is 0.410 e. The number of carbonyl (C=O) groups excluding carboxylic acids is 2. The molecule has 0 saturated carbocycles. The third-order valence-electron chi connectivity index (χ3n) is 2.55. The van der Waals surface area contributed by atoms with Gasteiger partial charge in [-0.15, -0.1) is 11.3 Å². The van der Waals surface area contributed by atoms with E-state index in [0.29, 0.717) is 5.92 Å². The van der Waals surface area contributed by atoms with Gasteiger partial charge in [0.2, 0.25) is 0 Å². The molecular weight excluding hydrogens is 276 g/mol. The number of likely N-dealkylation sites (N-methyl/N-ethyl adjacent to an activating group) is 1. The molecule has 1 heterocycles.